The van der Waals surface area contributed by atoms with E-state index in [9.17, 15) is 14.4 Å². The number of nitrogens with two attached hydrogens (primary N) is 1. The fourth-order valence-electron chi connectivity index (χ4n) is 5.47. The van der Waals surface area contributed by atoms with Crippen LogP contribution < -0.4 is 15.8 Å². The Kier molecular flexibility index (Phi) is 7.62. The van der Waals surface area contributed by atoms with E-state index in [0.29, 0.717) is 62.4 Å². The van der Waals surface area contributed by atoms with Crippen molar-refractivity contribution < 1.29 is 28.6 Å². The van der Waals surface area contributed by atoms with Crippen molar-refractivity contribution in [3.63, 3.8) is 0 Å². The Morgan fingerprint density at radius 3 is 3.03 bits per heavy atom. The van der Waals surface area contributed by atoms with Gasteiger partial charge in [0.05, 0.1) is 41.8 Å². The number of aromatic nitrogens is 2. The van der Waals surface area contributed by atoms with Gasteiger partial charge in [-0.25, -0.2) is 14.6 Å². The molecule has 1 amide bonds. The number of imidazole rings is 1. The summed E-state index contributed by atoms with van der Waals surface area (Å²) in [6.45, 7) is 1.42. The fraction of sp³-hybridized carbons (Fsp3) is 0.407. The second-order valence-corrected chi connectivity index (χ2v) is 10.1. The Morgan fingerprint density at radius 1 is 1.38 bits per heavy atom. The molecule has 0 aliphatic carbocycles. The molecule has 2 atom stereocenters. The maximum Gasteiger partial charge on any atom is 0.408 e. The number of rotatable bonds is 8. The molecule has 4 N–H and O–H groups in total. The summed E-state index contributed by atoms with van der Waals surface area (Å²) < 4.78 is 16.7. The number of hydrogen-bond donors (Lipinski definition) is 3. The van der Waals surface area contributed by atoms with Gasteiger partial charge in [-0.3, -0.25) is 10.2 Å². The summed E-state index contributed by atoms with van der Waals surface area (Å²) in [5.74, 6) is -0.178. The third-order valence-corrected chi connectivity index (χ3v) is 7.70. The molecule has 0 spiro atoms. The van der Waals surface area contributed by atoms with E-state index in [1.54, 1.807) is 6.33 Å². The van der Waals surface area contributed by atoms with Crippen molar-refractivity contribution in [1.82, 2.24) is 20.2 Å². The van der Waals surface area contributed by atoms with Gasteiger partial charge in [-0.1, -0.05) is 17.7 Å². The molecule has 0 saturated carbocycles. The second kappa shape index (κ2) is 11.1. The minimum absolute atomic E-state index is 0.223. The van der Waals surface area contributed by atoms with E-state index in [1.807, 2.05) is 18.2 Å². The van der Waals surface area contributed by atoms with Crippen LogP contribution in [-0.2, 0) is 26.4 Å². The zero-order valence-electron chi connectivity index (χ0n) is 21.5. The summed E-state index contributed by atoms with van der Waals surface area (Å²) >= 11 is 6.31. The molecule has 2 aliphatic heterocycles. The number of ether oxygens (including phenoxy) is 3. The molecule has 1 fully saturated rings. The van der Waals surface area contributed by atoms with E-state index < -0.39 is 23.8 Å². The second-order valence-electron chi connectivity index (χ2n) is 9.65. The van der Waals surface area contributed by atoms with Gasteiger partial charge in [0.2, 0.25) is 0 Å². The lowest BCUT2D eigenvalue weighted by molar-refractivity contribution is -0.108. The van der Waals surface area contributed by atoms with E-state index in [-0.39, 0.29) is 17.0 Å². The number of alkyl carbamates (subject to hydrolysis) is 1. The van der Waals surface area contributed by atoms with Crippen molar-refractivity contribution in [3.8, 4) is 5.75 Å². The average molecular weight is 556 g/mol. The maximum atomic E-state index is 13.4. The van der Waals surface area contributed by atoms with Crippen LogP contribution in [0.2, 0.25) is 5.02 Å². The van der Waals surface area contributed by atoms with Gasteiger partial charge in [-0.05, 0) is 36.6 Å². The Bertz CT molecular complexity index is 1410. The topological polar surface area (TPSA) is 149 Å². The Morgan fingerprint density at radius 2 is 2.23 bits per heavy atom. The predicted octanol–water partition coefficient (Wildman–Crippen LogP) is 3.54. The van der Waals surface area contributed by atoms with Crippen molar-refractivity contribution in [2.75, 3.05) is 32.5 Å². The first-order valence-electron chi connectivity index (χ1n) is 12.8. The number of carbonyl (C=O) groups is 3. The minimum Gasteiger partial charge on any atom is -0.492 e. The number of piperidine rings is 1. The number of nitrogen functional groups attached to an aromatic ring is 1. The van der Waals surface area contributed by atoms with Gasteiger partial charge in [0.25, 0.3) is 0 Å². The monoisotopic (exact) mass is 555 g/mol. The smallest absolute Gasteiger partial charge is 0.408 e. The molecule has 12 heteroatoms. The summed E-state index contributed by atoms with van der Waals surface area (Å²) in [5, 5.41) is 3.29. The Balaban J connectivity index is 1.49. The van der Waals surface area contributed by atoms with Gasteiger partial charge < -0.3 is 29.7 Å². The van der Waals surface area contributed by atoms with Crippen molar-refractivity contribution in [1.29, 1.82) is 0 Å². The molecule has 0 bridgehead atoms. The number of amides is 1. The summed E-state index contributed by atoms with van der Waals surface area (Å²) in [6.07, 6.45) is 3.55. The highest BCUT2D eigenvalue weighted by Crippen LogP contribution is 2.41. The number of esters is 1. The maximum absolute atomic E-state index is 13.4. The van der Waals surface area contributed by atoms with E-state index in [0.717, 1.165) is 22.9 Å². The van der Waals surface area contributed by atoms with Gasteiger partial charge in [0.15, 0.2) is 0 Å². The normalized spacial score (nSPS) is 20.7. The predicted molar refractivity (Wildman–Crippen MR) is 144 cm³/mol. The molecule has 39 heavy (non-hydrogen) atoms. The van der Waals surface area contributed by atoms with Crippen molar-refractivity contribution in [3.05, 3.63) is 52.3 Å². The number of nitrogens with zero attached hydrogens (tertiary/aromatic N) is 2. The number of anilines is 1. The van der Waals surface area contributed by atoms with Crippen LogP contribution in [0, 0.1) is 0 Å². The van der Waals surface area contributed by atoms with Gasteiger partial charge in [0.1, 0.15) is 29.4 Å². The SMILES string of the molecule is COC(=O)NC1(c2ccc3nc[nH]c3c2)CC(OC(=O)c2cc(Cl)c(N)c3c2OCC3)CCN1CCCC=O. The van der Waals surface area contributed by atoms with Crippen molar-refractivity contribution >= 4 is 46.7 Å². The van der Waals surface area contributed by atoms with Crippen LogP contribution in [0.15, 0.2) is 30.6 Å². The third-order valence-electron chi connectivity index (χ3n) is 7.39. The number of methoxy groups -OCH3 is 1. The Labute approximate surface area is 229 Å². The summed E-state index contributed by atoms with van der Waals surface area (Å²) in [5.41, 5.74) is 8.65. The zero-order valence-corrected chi connectivity index (χ0v) is 22.3. The number of likely N-dealkylation sites (tertiary alicyclic amines) is 1. The van der Waals surface area contributed by atoms with E-state index in [1.165, 1.54) is 13.2 Å². The molecular weight excluding hydrogens is 526 g/mol. The first-order chi connectivity index (χ1) is 18.9. The number of carbonyl (C=O) groups excluding carboxylic acids is 3. The van der Waals surface area contributed by atoms with Crippen LogP contribution in [0.25, 0.3) is 11.0 Å². The molecule has 206 valence electrons. The fourth-order valence-corrected chi connectivity index (χ4v) is 5.69. The van der Waals surface area contributed by atoms with Crippen LogP contribution in [0.1, 0.15) is 47.2 Å². The molecule has 2 aliphatic rings. The number of aldehydes is 1. The quantitative estimate of drug-likeness (QED) is 0.164. The van der Waals surface area contributed by atoms with Gasteiger partial charge in [-0.2, -0.15) is 0 Å². The van der Waals surface area contributed by atoms with E-state index >= 15 is 0 Å². The van der Waals surface area contributed by atoms with E-state index in [4.69, 9.17) is 31.5 Å². The van der Waals surface area contributed by atoms with Crippen LogP contribution in [0.4, 0.5) is 10.5 Å². The highest BCUT2D eigenvalue weighted by atomic mass is 35.5. The van der Waals surface area contributed by atoms with Crippen LogP contribution >= 0.6 is 11.6 Å². The Hall–Kier alpha value is -3.83. The summed E-state index contributed by atoms with van der Waals surface area (Å²) in [4.78, 5) is 46.7. The number of fused-ring (bicyclic) bond motifs is 2. The number of benzene rings is 2. The lowest BCUT2D eigenvalue weighted by Crippen LogP contribution is -2.63. The van der Waals surface area contributed by atoms with Crippen LogP contribution in [0.3, 0.4) is 0 Å². The minimum atomic E-state index is -1.09. The van der Waals surface area contributed by atoms with Crippen LogP contribution in [0.5, 0.6) is 5.75 Å². The van der Waals surface area contributed by atoms with Gasteiger partial charge in [-0.15, -0.1) is 0 Å². The molecule has 11 nitrogen and oxygen atoms in total. The molecule has 1 saturated heterocycles. The summed E-state index contributed by atoms with van der Waals surface area (Å²) in [6, 6.07) is 7.13. The van der Waals surface area contributed by atoms with Gasteiger partial charge >= 0.3 is 12.1 Å². The highest BCUT2D eigenvalue weighted by Gasteiger charge is 2.47. The number of nitrogens with one attached hydrogen (secondary N) is 2. The zero-order chi connectivity index (χ0) is 27.6. The van der Waals surface area contributed by atoms with Crippen molar-refractivity contribution in [2.24, 2.45) is 0 Å². The molecular formula is C27H30ClN5O6. The lowest BCUT2D eigenvalue weighted by atomic mass is 9.85. The average Bonchev–Trinajstić information content (AvgIpc) is 3.61. The molecule has 3 heterocycles. The molecule has 3 aromatic rings. The van der Waals surface area contributed by atoms with Crippen molar-refractivity contribution in [2.45, 2.75) is 43.9 Å². The third kappa shape index (κ3) is 5.11. The molecule has 1 aromatic heterocycles. The molecule has 2 aromatic carbocycles. The number of hydrogen-bond acceptors (Lipinski definition) is 9. The number of unbranched alkanes of at least 4 members (excludes halogenated alkanes) is 1. The van der Waals surface area contributed by atoms with Gasteiger partial charge in [0, 0.05) is 37.9 Å². The number of aromatic amines is 1. The largest absolute Gasteiger partial charge is 0.492 e. The first kappa shape index (κ1) is 26.8. The molecule has 5 rings (SSSR count). The van der Waals surface area contributed by atoms with Crippen LogP contribution in [-0.4, -0.2) is 66.1 Å². The van der Waals surface area contributed by atoms with E-state index in [2.05, 4.69) is 20.2 Å². The standard InChI is InChI=1S/C27H30ClN5O6/c1-37-26(36)32-27(16-4-5-21-22(12-16)31-15-30-21)14-17(6-9-33(27)8-2-3-10-34)39-25(35)19-13-20(28)23(29)18-7-11-38-24(18)19/h4-5,10,12-13,15,17H,2-3,6-9,11,14,29H2,1H3,(H,30,31)(H,32,36). The number of H-pyrrole nitrogens is 1. The lowest BCUT2D eigenvalue weighted by Gasteiger charge is -2.49. The molecule has 2 unspecified atom stereocenters. The summed E-state index contributed by atoms with van der Waals surface area (Å²) in [7, 11) is 1.30. The highest BCUT2D eigenvalue weighted by molar-refractivity contribution is 6.33. The first-order valence-corrected chi connectivity index (χ1v) is 13.2. The molecule has 0 radical (unpaired) electrons. The number of halogens is 1.